The number of aromatic nitrogens is 1. The van der Waals surface area contributed by atoms with E-state index in [0.29, 0.717) is 0 Å². The predicted molar refractivity (Wildman–Crippen MR) is 85.2 cm³/mol. The third kappa shape index (κ3) is 2.15. The molecule has 0 N–H and O–H groups in total. The van der Waals surface area contributed by atoms with Crippen LogP contribution < -0.4 is 0 Å². The van der Waals surface area contributed by atoms with Crippen molar-refractivity contribution in [2.45, 2.75) is 6.54 Å². The average Bonchev–Trinajstić information content (AvgIpc) is 3.17. The van der Waals surface area contributed by atoms with Crippen LogP contribution in [0.15, 0.2) is 83.6 Å². The van der Waals surface area contributed by atoms with E-state index in [0.717, 1.165) is 17.9 Å². The summed E-state index contributed by atoms with van der Waals surface area (Å²) >= 11 is 0. The maximum Gasteiger partial charge on any atom is 0.136 e. The second-order valence-electron chi connectivity index (χ2n) is 5.15. The Morgan fingerprint density at radius 2 is 1.62 bits per heavy atom. The molecule has 2 aromatic carbocycles. The zero-order chi connectivity index (χ0) is 14.1. The molecule has 0 fully saturated rings. The minimum Gasteiger partial charge on any atom is -0.464 e. The Morgan fingerprint density at radius 3 is 2.43 bits per heavy atom. The Bertz CT molecular complexity index is 857. The van der Waals surface area contributed by atoms with Gasteiger partial charge in [-0.15, -0.1) is 0 Å². The highest BCUT2D eigenvalue weighted by atomic mass is 16.3. The molecule has 0 aliphatic rings. The standard InChI is InChI=1S/C19H15NO/c1-2-7-15(8-3-1)13-20-14-17(19-11-6-12-21-19)16-9-4-5-10-18(16)20/h1-12,14H,13H2. The SMILES string of the molecule is c1ccc(Cn2cc(-c3ccco3)c3ccccc32)cc1. The molecule has 2 heteroatoms. The Labute approximate surface area is 123 Å². The first kappa shape index (κ1) is 12.0. The van der Waals surface area contributed by atoms with Crippen LogP contribution in [0.3, 0.4) is 0 Å². The number of benzene rings is 2. The lowest BCUT2D eigenvalue weighted by Crippen LogP contribution is -1.97. The van der Waals surface area contributed by atoms with Crippen molar-refractivity contribution in [1.82, 2.24) is 4.57 Å². The van der Waals surface area contributed by atoms with Gasteiger partial charge in [-0.25, -0.2) is 0 Å². The van der Waals surface area contributed by atoms with Crippen molar-refractivity contribution >= 4 is 10.9 Å². The van der Waals surface area contributed by atoms with Crippen molar-refractivity contribution in [2.75, 3.05) is 0 Å². The number of para-hydroxylation sites is 1. The summed E-state index contributed by atoms with van der Waals surface area (Å²) in [5.74, 6) is 0.915. The lowest BCUT2D eigenvalue weighted by atomic mass is 10.1. The van der Waals surface area contributed by atoms with Crippen LogP contribution in [-0.2, 0) is 6.54 Å². The molecule has 2 nitrogen and oxygen atoms in total. The first-order chi connectivity index (χ1) is 10.4. The van der Waals surface area contributed by atoms with Crippen LogP contribution in [0.2, 0.25) is 0 Å². The lowest BCUT2D eigenvalue weighted by molar-refractivity contribution is 0.582. The molecule has 0 saturated carbocycles. The first-order valence-electron chi connectivity index (χ1n) is 7.07. The largest absolute Gasteiger partial charge is 0.464 e. The number of fused-ring (bicyclic) bond motifs is 1. The molecule has 0 saturated heterocycles. The number of hydrogen-bond donors (Lipinski definition) is 0. The van der Waals surface area contributed by atoms with E-state index in [2.05, 4.69) is 59.3 Å². The van der Waals surface area contributed by atoms with Crippen LogP contribution >= 0.6 is 0 Å². The Balaban J connectivity index is 1.86. The molecule has 0 atom stereocenters. The molecule has 0 aliphatic heterocycles. The van der Waals surface area contributed by atoms with Gasteiger partial charge in [0.25, 0.3) is 0 Å². The number of nitrogens with zero attached hydrogens (tertiary/aromatic N) is 1. The quantitative estimate of drug-likeness (QED) is 0.516. The van der Waals surface area contributed by atoms with Crippen LogP contribution in [0.1, 0.15) is 5.56 Å². The highest BCUT2D eigenvalue weighted by Gasteiger charge is 2.11. The van der Waals surface area contributed by atoms with Crippen LogP contribution in [0.25, 0.3) is 22.2 Å². The maximum absolute atomic E-state index is 5.58. The molecule has 21 heavy (non-hydrogen) atoms. The van der Waals surface area contributed by atoms with Gasteiger partial charge in [0.2, 0.25) is 0 Å². The van der Waals surface area contributed by atoms with Gasteiger partial charge in [-0.05, 0) is 23.8 Å². The van der Waals surface area contributed by atoms with Crippen molar-refractivity contribution < 1.29 is 4.42 Å². The summed E-state index contributed by atoms with van der Waals surface area (Å²) in [6.45, 7) is 0.863. The third-order valence-electron chi connectivity index (χ3n) is 3.77. The molecule has 0 bridgehead atoms. The Kier molecular flexibility index (Phi) is 2.86. The fraction of sp³-hybridized carbons (Fsp3) is 0.0526. The lowest BCUT2D eigenvalue weighted by Gasteiger charge is -2.05. The van der Waals surface area contributed by atoms with E-state index in [1.165, 1.54) is 16.5 Å². The van der Waals surface area contributed by atoms with Crippen LogP contribution in [0.4, 0.5) is 0 Å². The van der Waals surface area contributed by atoms with Gasteiger partial charge in [0.05, 0.1) is 6.26 Å². The monoisotopic (exact) mass is 273 g/mol. The molecule has 0 unspecified atom stereocenters. The summed E-state index contributed by atoms with van der Waals surface area (Å²) in [4.78, 5) is 0. The minimum absolute atomic E-state index is 0.863. The summed E-state index contributed by atoms with van der Waals surface area (Å²) in [5.41, 5.74) is 3.67. The van der Waals surface area contributed by atoms with Crippen molar-refractivity contribution in [3.05, 3.63) is 84.8 Å². The van der Waals surface area contributed by atoms with E-state index in [1.807, 2.05) is 18.2 Å². The summed E-state index contributed by atoms with van der Waals surface area (Å²) in [6.07, 6.45) is 3.90. The van der Waals surface area contributed by atoms with Crippen molar-refractivity contribution in [1.29, 1.82) is 0 Å². The van der Waals surface area contributed by atoms with E-state index in [9.17, 15) is 0 Å². The normalized spacial score (nSPS) is 11.0. The minimum atomic E-state index is 0.863. The molecule has 4 rings (SSSR count). The van der Waals surface area contributed by atoms with Gasteiger partial charge in [0.1, 0.15) is 5.76 Å². The highest BCUT2D eigenvalue weighted by molar-refractivity contribution is 5.94. The van der Waals surface area contributed by atoms with Crippen molar-refractivity contribution in [3.63, 3.8) is 0 Å². The molecular weight excluding hydrogens is 258 g/mol. The molecule has 0 aliphatic carbocycles. The fourth-order valence-corrected chi connectivity index (χ4v) is 2.79. The fourth-order valence-electron chi connectivity index (χ4n) is 2.79. The zero-order valence-electron chi connectivity index (χ0n) is 11.6. The van der Waals surface area contributed by atoms with Gasteiger partial charge >= 0.3 is 0 Å². The summed E-state index contributed by atoms with van der Waals surface area (Å²) in [7, 11) is 0. The van der Waals surface area contributed by atoms with Crippen LogP contribution in [0, 0.1) is 0 Å². The van der Waals surface area contributed by atoms with E-state index in [4.69, 9.17) is 4.42 Å². The first-order valence-corrected chi connectivity index (χ1v) is 7.07. The van der Waals surface area contributed by atoms with Gasteiger partial charge in [-0.1, -0.05) is 48.5 Å². The van der Waals surface area contributed by atoms with Crippen molar-refractivity contribution in [3.8, 4) is 11.3 Å². The molecule has 0 radical (unpaired) electrons. The average molecular weight is 273 g/mol. The molecule has 2 heterocycles. The second-order valence-corrected chi connectivity index (χ2v) is 5.15. The second kappa shape index (κ2) is 4.98. The molecule has 4 aromatic rings. The van der Waals surface area contributed by atoms with Crippen molar-refractivity contribution in [2.24, 2.45) is 0 Å². The topological polar surface area (TPSA) is 18.1 Å². The van der Waals surface area contributed by atoms with Crippen LogP contribution in [0.5, 0.6) is 0 Å². The highest BCUT2D eigenvalue weighted by Crippen LogP contribution is 2.31. The van der Waals surface area contributed by atoms with E-state index < -0.39 is 0 Å². The maximum atomic E-state index is 5.58. The molecule has 2 aromatic heterocycles. The Hall–Kier alpha value is -2.74. The zero-order valence-corrected chi connectivity index (χ0v) is 11.6. The van der Waals surface area contributed by atoms with Crippen LogP contribution in [-0.4, -0.2) is 4.57 Å². The summed E-state index contributed by atoms with van der Waals surface area (Å²) in [6, 6.07) is 22.9. The van der Waals surface area contributed by atoms with Gasteiger partial charge in [0.15, 0.2) is 0 Å². The number of furan rings is 1. The molecule has 0 spiro atoms. The molecule has 0 amide bonds. The molecular formula is C19H15NO. The van der Waals surface area contributed by atoms with Gasteiger partial charge < -0.3 is 8.98 Å². The van der Waals surface area contributed by atoms with Gasteiger partial charge in [-0.2, -0.15) is 0 Å². The predicted octanol–water partition coefficient (Wildman–Crippen LogP) is 4.95. The third-order valence-corrected chi connectivity index (χ3v) is 3.77. The summed E-state index contributed by atoms with van der Waals surface area (Å²) in [5, 5.41) is 1.23. The van der Waals surface area contributed by atoms with Gasteiger partial charge in [-0.3, -0.25) is 0 Å². The molecule has 102 valence electrons. The van der Waals surface area contributed by atoms with E-state index in [1.54, 1.807) is 6.26 Å². The summed E-state index contributed by atoms with van der Waals surface area (Å²) < 4.78 is 7.86. The smallest absolute Gasteiger partial charge is 0.136 e. The van der Waals surface area contributed by atoms with E-state index in [-0.39, 0.29) is 0 Å². The Morgan fingerprint density at radius 1 is 0.810 bits per heavy atom. The van der Waals surface area contributed by atoms with E-state index >= 15 is 0 Å². The van der Waals surface area contributed by atoms with Gasteiger partial charge in [0, 0.05) is 29.2 Å². The number of hydrogen-bond acceptors (Lipinski definition) is 1. The number of rotatable bonds is 3.